The molecule has 0 aliphatic heterocycles. The number of carboxylic acid groups (broad SMARTS) is 6. The molecule has 0 saturated carbocycles. The van der Waals surface area contributed by atoms with Gasteiger partial charge in [-0.1, -0.05) is 167 Å². The zero-order chi connectivity index (χ0) is 102. The Labute approximate surface area is 839 Å². The molecule has 12 aromatic heterocycles. The number of para-hydroxylation sites is 5. The molecule has 0 spiro atoms. The molecule has 12 aromatic carbocycles. The van der Waals surface area contributed by atoms with Crippen molar-refractivity contribution in [2.75, 3.05) is 0 Å². The Balaban J connectivity index is 0.000000110. The van der Waals surface area contributed by atoms with Crippen LogP contribution in [-0.4, -0.2) is 111 Å². The Bertz CT molecular complexity index is 8310. The number of thiophene rings is 2. The number of rotatable bonds is 12. The van der Waals surface area contributed by atoms with Gasteiger partial charge in [0.15, 0.2) is 22.9 Å². The van der Waals surface area contributed by atoms with Crippen LogP contribution >= 0.6 is 34.0 Å². The number of carbonyl (C=O) groups is 6. The second kappa shape index (κ2) is 39.4. The standard InChI is InChI=1S/C21H17NO3.C20H15NO3.C20H15NO2S.C19H14N2O3.2C19H14N2O2S/c1-11-8-12(2)20-15(9-11)16(21(23)24)10-17(22-20)19-13(3)25-18-7-5-4-6-14(18)19;2*1-11-7-12(2)19-14(8-11)15(20(22)23)10-16(21-19)18-9-13-5-3-4-6-17(13)24-18;2*1-10-7-11(2)17-12(8-10)13(19(22)23)9-15(20-17)18-21-14-5-3-4-6-16(14)24-18;1-10-7-11(2)16-13(8-10)17(19(22)23)21-18(20-16)15-9-12-5-3-4-6-14(12)24-15/h4-10H,1-3H3,(H,23,24);2*3-10H,1-2H3,(H,22,23);3*3-9H,1-2H3,(H,22,23). The zero-order valence-electron chi connectivity index (χ0n) is 80.5. The van der Waals surface area contributed by atoms with Crippen molar-refractivity contribution >= 4 is 199 Å². The summed E-state index contributed by atoms with van der Waals surface area (Å²) < 4.78 is 20.8. The van der Waals surface area contributed by atoms with E-state index in [0.717, 1.165) is 152 Å². The second-order valence-corrected chi connectivity index (χ2v) is 39.0. The molecule has 27 heteroatoms. The molecule has 0 bridgehead atoms. The summed E-state index contributed by atoms with van der Waals surface area (Å²) >= 11 is 4.73. The van der Waals surface area contributed by atoms with E-state index in [1.54, 1.807) is 46.9 Å². The van der Waals surface area contributed by atoms with E-state index in [2.05, 4.69) is 48.1 Å². The summed E-state index contributed by atoms with van der Waals surface area (Å²) in [4.78, 5) is 114. The van der Waals surface area contributed by atoms with Crippen molar-refractivity contribution < 1.29 is 72.7 Å². The van der Waals surface area contributed by atoms with Gasteiger partial charge >= 0.3 is 35.8 Å². The van der Waals surface area contributed by atoms with Crippen LogP contribution in [0.5, 0.6) is 0 Å². The molecule has 714 valence electrons. The number of fused-ring (bicyclic) bond motifs is 12. The van der Waals surface area contributed by atoms with Crippen LogP contribution in [0.4, 0.5) is 0 Å². The summed E-state index contributed by atoms with van der Waals surface area (Å²) in [6, 6.07) is 84.1. The maximum atomic E-state index is 11.9. The SMILES string of the molecule is Cc1cc(C)c2nc(-c3c(C)oc4ccccc34)cc(C(=O)O)c2c1.Cc1cc(C)c2nc(-c3cc4ccccc4o3)cc(C(=O)O)c2c1.Cc1cc(C)c2nc(-c3cc4ccccc4s3)cc(C(=O)O)c2c1.Cc1cc(C)c2nc(-c3cc4ccccc4s3)nc(C(=O)O)c2c1.Cc1cc(C)c2nc(-c3nc4ccccc4o3)cc(C(=O)O)c2c1.Cc1cc(C)c2nc(-c3nc4ccccc4s3)cc(C(=O)O)c2c1. The van der Waals surface area contributed by atoms with Crippen LogP contribution in [0.1, 0.15) is 135 Å². The van der Waals surface area contributed by atoms with Crippen LogP contribution in [-0.2, 0) is 0 Å². The molecule has 0 atom stereocenters. The van der Waals surface area contributed by atoms with Crippen molar-refractivity contribution in [1.82, 2.24) is 44.9 Å². The predicted octanol–water partition coefficient (Wildman–Crippen LogP) is 29.7. The molecule has 0 aliphatic carbocycles. The first-order valence-corrected chi connectivity index (χ1v) is 48.5. The number of benzene rings is 12. The van der Waals surface area contributed by atoms with Crippen LogP contribution in [0.3, 0.4) is 0 Å². The summed E-state index contributed by atoms with van der Waals surface area (Å²) in [5.74, 6) is -3.73. The number of thiazole rings is 1. The minimum Gasteiger partial charge on any atom is -0.478 e. The fourth-order valence-electron chi connectivity index (χ4n) is 18.5. The lowest BCUT2D eigenvalue weighted by Gasteiger charge is -2.10. The lowest BCUT2D eigenvalue weighted by molar-refractivity contribution is 0.0683. The molecule has 24 aromatic rings. The van der Waals surface area contributed by atoms with Crippen LogP contribution in [0.25, 0.3) is 195 Å². The number of aromatic nitrogens is 9. The van der Waals surface area contributed by atoms with Crippen molar-refractivity contribution in [3.05, 3.63) is 373 Å². The fraction of sp³-hybridized carbons (Fsp3) is 0.110. The highest BCUT2D eigenvalue weighted by Crippen LogP contribution is 2.43. The van der Waals surface area contributed by atoms with Crippen molar-refractivity contribution in [3.63, 3.8) is 0 Å². The number of carboxylic acids is 6. The molecule has 24 rings (SSSR count). The number of nitrogens with zero attached hydrogens (tertiary/aromatic N) is 9. The van der Waals surface area contributed by atoms with Gasteiger partial charge in [0.05, 0.1) is 92.3 Å². The third-order valence-electron chi connectivity index (χ3n) is 24.8. The van der Waals surface area contributed by atoms with E-state index in [1.807, 2.05) is 308 Å². The summed E-state index contributed by atoms with van der Waals surface area (Å²) in [7, 11) is 0. The van der Waals surface area contributed by atoms with Gasteiger partial charge in [0.1, 0.15) is 44.5 Å². The molecule has 145 heavy (non-hydrogen) atoms. The molecule has 24 nitrogen and oxygen atoms in total. The number of pyridine rings is 5. The summed E-state index contributed by atoms with van der Waals surface area (Å²) in [5, 5.41) is 66.6. The molecule has 6 N–H and O–H groups in total. The third kappa shape index (κ3) is 19.5. The Kier molecular flexibility index (Phi) is 26.1. The van der Waals surface area contributed by atoms with E-state index < -0.39 is 35.8 Å². The number of aromatic carboxylic acids is 6. The molecule has 0 fully saturated rings. The van der Waals surface area contributed by atoms with Crippen molar-refractivity contribution in [2.24, 2.45) is 0 Å². The van der Waals surface area contributed by atoms with Gasteiger partial charge in [-0.15, -0.1) is 34.0 Å². The monoisotopic (exact) mass is 1970 g/mol. The molecular weight excluding hydrogens is 1880 g/mol. The predicted molar refractivity (Wildman–Crippen MR) is 575 cm³/mol. The summed E-state index contributed by atoms with van der Waals surface area (Å²) in [6.07, 6.45) is 0. The normalized spacial score (nSPS) is 11.3. The molecule has 0 unspecified atom stereocenters. The van der Waals surface area contributed by atoms with E-state index in [1.165, 1.54) is 22.1 Å². The largest absolute Gasteiger partial charge is 0.478 e. The van der Waals surface area contributed by atoms with Gasteiger partial charge in [0, 0.05) is 58.1 Å². The summed E-state index contributed by atoms with van der Waals surface area (Å²) in [5.41, 5.74) is 24.9. The van der Waals surface area contributed by atoms with Gasteiger partial charge in [-0.3, -0.25) is 0 Å². The van der Waals surface area contributed by atoms with Crippen LogP contribution in [0.2, 0.25) is 0 Å². The Hall–Kier alpha value is -17.8. The molecule has 0 aliphatic rings. The number of aryl methyl sites for hydroxylation is 13. The quantitative estimate of drug-likeness (QED) is 0.0661. The number of hydrogen-bond donors (Lipinski definition) is 6. The van der Waals surface area contributed by atoms with Crippen molar-refractivity contribution in [2.45, 2.75) is 90.0 Å². The van der Waals surface area contributed by atoms with Crippen LogP contribution in [0, 0.1) is 90.0 Å². The smallest absolute Gasteiger partial charge is 0.355 e. The van der Waals surface area contributed by atoms with Gasteiger partial charge in [0.25, 0.3) is 0 Å². The molecule has 0 radical (unpaired) electrons. The third-order valence-corrected chi connectivity index (χ3v) is 28.1. The molecule has 12 heterocycles. The van der Waals surface area contributed by atoms with Gasteiger partial charge in [0.2, 0.25) is 5.89 Å². The minimum atomic E-state index is -1.03. The Morgan fingerprint density at radius 2 is 0.621 bits per heavy atom. The first-order chi connectivity index (χ1) is 69.6. The van der Waals surface area contributed by atoms with Crippen molar-refractivity contribution in [3.8, 4) is 66.3 Å². The first-order valence-electron chi connectivity index (χ1n) is 46.1. The maximum absolute atomic E-state index is 11.9. The maximum Gasteiger partial charge on any atom is 0.355 e. The van der Waals surface area contributed by atoms with Gasteiger partial charge < -0.3 is 43.9 Å². The van der Waals surface area contributed by atoms with Gasteiger partial charge in [-0.2, -0.15) is 0 Å². The number of hydrogen-bond acceptors (Lipinski definition) is 21. The van der Waals surface area contributed by atoms with Crippen LogP contribution < -0.4 is 0 Å². The van der Waals surface area contributed by atoms with E-state index in [-0.39, 0.29) is 27.9 Å². The topological polar surface area (TPSA) is 379 Å². The minimum absolute atomic E-state index is 0.0549. The lowest BCUT2D eigenvalue weighted by Crippen LogP contribution is -2.05. The summed E-state index contributed by atoms with van der Waals surface area (Å²) in [6.45, 7) is 25.3. The Morgan fingerprint density at radius 1 is 0.255 bits per heavy atom. The molecule has 0 saturated heterocycles. The van der Waals surface area contributed by atoms with Crippen LogP contribution in [0.15, 0.2) is 280 Å². The molecule has 0 amide bonds. The van der Waals surface area contributed by atoms with Crippen molar-refractivity contribution in [1.29, 1.82) is 0 Å². The van der Waals surface area contributed by atoms with E-state index >= 15 is 0 Å². The van der Waals surface area contributed by atoms with Gasteiger partial charge in [-0.25, -0.2) is 73.6 Å². The van der Waals surface area contributed by atoms with E-state index in [4.69, 9.17) is 28.2 Å². The molecular formula is C118H89N9O15S3. The average Bonchev–Trinajstić information content (AvgIpc) is 1.73. The highest BCUT2D eigenvalue weighted by atomic mass is 32.1. The Morgan fingerprint density at radius 3 is 1.09 bits per heavy atom. The number of oxazole rings is 1. The fourth-order valence-corrected chi connectivity index (χ4v) is 21.5. The highest BCUT2D eigenvalue weighted by molar-refractivity contribution is 7.22. The average molecular weight is 1970 g/mol. The van der Waals surface area contributed by atoms with E-state index in [0.29, 0.717) is 117 Å². The number of furan rings is 2. The second-order valence-electron chi connectivity index (χ2n) is 35.8. The first kappa shape index (κ1) is 96.1. The van der Waals surface area contributed by atoms with E-state index in [9.17, 15) is 59.4 Å². The zero-order valence-corrected chi connectivity index (χ0v) is 83.0. The van der Waals surface area contributed by atoms with Gasteiger partial charge in [-0.05, 0) is 268 Å². The highest BCUT2D eigenvalue weighted by Gasteiger charge is 2.27. The lowest BCUT2D eigenvalue weighted by atomic mass is 9.99.